The number of hydrogen-bond donors (Lipinski definition) is 1. The lowest BCUT2D eigenvalue weighted by Crippen LogP contribution is -2.32. The van der Waals surface area contributed by atoms with Crippen molar-refractivity contribution in [3.63, 3.8) is 0 Å². The normalized spacial score (nSPS) is 14.7. The maximum absolute atomic E-state index is 13.2. The van der Waals surface area contributed by atoms with Crippen LogP contribution in [0.25, 0.3) is 0 Å². The summed E-state index contributed by atoms with van der Waals surface area (Å²) >= 11 is 0. The first-order valence-corrected chi connectivity index (χ1v) is 11.9. The summed E-state index contributed by atoms with van der Waals surface area (Å²) in [6.45, 7) is 1.63. The molecule has 0 aromatic heterocycles. The molecule has 0 fully saturated rings. The van der Waals surface area contributed by atoms with Crippen LogP contribution in [-0.2, 0) is 35.6 Å². The van der Waals surface area contributed by atoms with E-state index in [0.717, 1.165) is 17.2 Å². The Labute approximate surface area is 189 Å². The SMILES string of the molecule is O=S(=O)(Nc1ccc(F)cc1)c1ccc2c(c1)CCN(CCc1ccccc1C(F)(F)F)C2. The fraction of sp³-hybridized carbons (Fsp3) is 0.250. The van der Waals surface area contributed by atoms with Crippen LogP contribution in [0.5, 0.6) is 0 Å². The van der Waals surface area contributed by atoms with E-state index in [4.69, 9.17) is 0 Å². The van der Waals surface area contributed by atoms with Gasteiger partial charge in [0.25, 0.3) is 10.0 Å². The molecule has 174 valence electrons. The van der Waals surface area contributed by atoms with E-state index >= 15 is 0 Å². The van der Waals surface area contributed by atoms with E-state index < -0.39 is 27.6 Å². The first kappa shape index (κ1) is 23.3. The van der Waals surface area contributed by atoms with Gasteiger partial charge in [-0.15, -0.1) is 0 Å². The number of nitrogens with zero attached hydrogens (tertiary/aromatic N) is 1. The Morgan fingerprint density at radius 2 is 1.67 bits per heavy atom. The summed E-state index contributed by atoms with van der Waals surface area (Å²) in [5, 5.41) is 0. The summed E-state index contributed by atoms with van der Waals surface area (Å²) in [5.74, 6) is -0.460. The molecule has 0 bridgehead atoms. The second-order valence-corrected chi connectivity index (χ2v) is 9.66. The van der Waals surface area contributed by atoms with Gasteiger partial charge in [-0.3, -0.25) is 9.62 Å². The number of sulfonamides is 1. The summed E-state index contributed by atoms with van der Waals surface area (Å²) in [6.07, 6.45) is -3.51. The van der Waals surface area contributed by atoms with Crippen molar-refractivity contribution in [2.45, 2.75) is 30.5 Å². The third-order valence-corrected chi connectivity index (χ3v) is 7.07. The first-order chi connectivity index (χ1) is 15.6. The average molecular weight is 479 g/mol. The summed E-state index contributed by atoms with van der Waals surface area (Å²) in [6, 6.07) is 15.5. The molecular weight excluding hydrogens is 456 g/mol. The second-order valence-electron chi connectivity index (χ2n) is 7.97. The molecule has 0 aliphatic carbocycles. The standard InChI is InChI=1S/C24H22F4N2O2S/c25-20-6-8-21(9-7-20)29-33(31,32)22-10-5-19-16-30(14-12-18(19)15-22)13-11-17-3-1-2-4-23(17)24(26,27)28/h1-10,15,29H,11-14,16H2. The van der Waals surface area contributed by atoms with Crippen LogP contribution >= 0.6 is 0 Å². The smallest absolute Gasteiger partial charge is 0.298 e. The first-order valence-electron chi connectivity index (χ1n) is 10.4. The van der Waals surface area contributed by atoms with Crippen molar-refractivity contribution in [1.29, 1.82) is 0 Å². The summed E-state index contributed by atoms with van der Waals surface area (Å²) in [5.41, 5.74) is 1.77. The molecule has 0 spiro atoms. The molecule has 33 heavy (non-hydrogen) atoms. The van der Waals surface area contributed by atoms with Crippen LogP contribution in [0.4, 0.5) is 23.2 Å². The number of anilines is 1. The number of halogens is 4. The predicted molar refractivity (Wildman–Crippen MR) is 118 cm³/mol. The van der Waals surface area contributed by atoms with Gasteiger partial charge in [-0.05, 0) is 72.0 Å². The fourth-order valence-corrected chi connectivity index (χ4v) is 5.08. The zero-order chi connectivity index (χ0) is 23.6. The minimum atomic E-state index is -4.38. The van der Waals surface area contributed by atoms with E-state index in [2.05, 4.69) is 9.62 Å². The highest BCUT2D eigenvalue weighted by atomic mass is 32.2. The molecule has 0 radical (unpaired) electrons. The quantitative estimate of drug-likeness (QED) is 0.493. The number of benzene rings is 3. The Bertz CT molecular complexity index is 1240. The van der Waals surface area contributed by atoms with Gasteiger partial charge in [0.1, 0.15) is 5.82 Å². The highest BCUT2D eigenvalue weighted by Crippen LogP contribution is 2.32. The lowest BCUT2D eigenvalue weighted by molar-refractivity contribution is -0.138. The molecule has 3 aromatic carbocycles. The molecule has 9 heteroatoms. The minimum absolute atomic E-state index is 0.109. The molecule has 1 heterocycles. The van der Waals surface area contributed by atoms with E-state index in [1.807, 2.05) is 0 Å². The molecule has 4 rings (SSSR count). The fourth-order valence-electron chi connectivity index (χ4n) is 3.97. The van der Waals surface area contributed by atoms with Crippen molar-refractivity contribution < 1.29 is 26.0 Å². The summed E-state index contributed by atoms with van der Waals surface area (Å²) in [4.78, 5) is 2.18. The van der Waals surface area contributed by atoms with Crippen LogP contribution in [0, 0.1) is 5.82 Å². The predicted octanol–water partition coefficient (Wildman–Crippen LogP) is 5.25. The van der Waals surface area contributed by atoms with E-state index in [9.17, 15) is 26.0 Å². The molecule has 1 aliphatic heterocycles. The van der Waals surface area contributed by atoms with Gasteiger partial charge in [-0.25, -0.2) is 12.8 Å². The Kier molecular flexibility index (Phi) is 6.45. The monoisotopic (exact) mass is 478 g/mol. The van der Waals surface area contributed by atoms with Crippen molar-refractivity contribution >= 4 is 15.7 Å². The topological polar surface area (TPSA) is 49.4 Å². The third kappa shape index (κ3) is 5.54. The number of fused-ring (bicyclic) bond motifs is 1. The van der Waals surface area contributed by atoms with Crippen LogP contribution in [-0.4, -0.2) is 26.4 Å². The number of hydrogen-bond acceptors (Lipinski definition) is 3. The van der Waals surface area contributed by atoms with Crippen LogP contribution in [0.2, 0.25) is 0 Å². The highest BCUT2D eigenvalue weighted by Gasteiger charge is 2.32. The highest BCUT2D eigenvalue weighted by molar-refractivity contribution is 7.92. The van der Waals surface area contributed by atoms with Gasteiger partial charge in [0.05, 0.1) is 10.5 Å². The molecule has 0 atom stereocenters. The van der Waals surface area contributed by atoms with E-state index in [1.165, 1.54) is 42.5 Å². The second kappa shape index (κ2) is 9.15. The maximum Gasteiger partial charge on any atom is 0.416 e. The van der Waals surface area contributed by atoms with Crippen LogP contribution in [0.1, 0.15) is 22.3 Å². The molecule has 1 aliphatic rings. The third-order valence-electron chi connectivity index (χ3n) is 5.70. The average Bonchev–Trinajstić information content (AvgIpc) is 2.78. The van der Waals surface area contributed by atoms with Gasteiger partial charge in [0.15, 0.2) is 0 Å². The van der Waals surface area contributed by atoms with Crippen LogP contribution in [0.15, 0.2) is 71.6 Å². The minimum Gasteiger partial charge on any atom is -0.298 e. The van der Waals surface area contributed by atoms with Gasteiger partial charge in [-0.1, -0.05) is 24.3 Å². The number of alkyl halides is 3. The molecule has 4 nitrogen and oxygen atoms in total. The summed E-state index contributed by atoms with van der Waals surface area (Å²) in [7, 11) is -3.83. The number of rotatable bonds is 6. The zero-order valence-corrected chi connectivity index (χ0v) is 18.4. The Balaban J connectivity index is 1.43. The Morgan fingerprint density at radius 3 is 2.39 bits per heavy atom. The lowest BCUT2D eigenvalue weighted by Gasteiger charge is -2.29. The Morgan fingerprint density at radius 1 is 0.939 bits per heavy atom. The van der Waals surface area contributed by atoms with E-state index in [1.54, 1.807) is 18.2 Å². The number of nitrogens with one attached hydrogen (secondary N) is 1. The van der Waals surface area contributed by atoms with Crippen molar-refractivity contribution in [2.75, 3.05) is 17.8 Å². The maximum atomic E-state index is 13.2. The Hall–Kier alpha value is -2.91. The van der Waals surface area contributed by atoms with Gasteiger partial charge >= 0.3 is 6.18 Å². The molecule has 0 saturated heterocycles. The van der Waals surface area contributed by atoms with Gasteiger partial charge in [0, 0.05) is 25.3 Å². The molecule has 0 unspecified atom stereocenters. The van der Waals surface area contributed by atoms with E-state index in [-0.39, 0.29) is 22.6 Å². The molecule has 0 saturated carbocycles. The van der Waals surface area contributed by atoms with Gasteiger partial charge in [-0.2, -0.15) is 13.2 Å². The molecule has 3 aromatic rings. The molecular formula is C24H22F4N2O2S. The largest absolute Gasteiger partial charge is 0.416 e. The zero-order valence-electron chi connectivity index (χ0n) is 17.6. The van der Waals surface area contributed by atoms with Crippen molar-refractivity contribution in [3.8, 4) is 0 Å². The molecule has 1 N–H and O–H groups in total. The van der Waals surface area contributed by atoms with Crippen molar-refractivity contribution in [2.24, 2.45) is 0 Å². The summed E-state index contributed by atoms with van der Waals surface area (Å²) < 4.78 is 80.5. The van der Waals surface area contributed by atoms with Gasteiger partial charge < -0.3 is 0 Å². The van der Waals surface area contributed by atoms with Crippen LogP contribution < -0.4 is 4.72 Å². The van der Waals surface area contributed by atoms with E-state index in [0.29, 0.717) is 26.1 Å². The van der Waals surface area contributed by atoms with Gasteiger partial charge in [0.2, 0.25) is 0 Å². The van der Waals surface area contributed by atoms with Crippen LogP contribution in [0.3, 0.4) is 0 Å². The van der Waals surface area contributed by atoms with Crippen molar-refractivity contribution in [3.05, 3.63) is 94.8 Å². The van der Waals surface area contributed by atoms with Crippen molar-refractivity contribution in [1.82, 2.24) is 4.90 Å². The lowest BCUT2D eigenvalue weighted by atomic mass is 9.98. The molecule has 0 amide bonds.